The largest absolute Gasteiger partial charge is 0.398 e. The van der Waals surface area contributed by atoms with Crippen LogP contribution in [0.5, 0.6) is 0 Å². The van der Waals surface area contributed by atoms with E-state index < -0.39 is 5.91 Å². The van der Waals surface area contributed by atoms with Gasteiger partial charge in [0.2, 0.25) is 11.9 Å². The highest BCUT2D eigenvalue weighted by Crippen LogP contribution is 2.39. The van der Waals surface area contributed by atoms with Gasteiger partial charge in [-0.15, -0.1) is 11.3 Å². The summed E-state index contributed by atoms with van der Waals surface area (Å²) in [7, 11) is 3.36. The van der Waals surface area contributed by atoms with Gasteiger partial charge in [0.1, 0.15) is 20.6 Å². The molecule has 9 N–H and O–H groups in total. The number of aromatic amines is 1. The van der Waals surface area contributed by atoms with Crippen molar-refractivity contribution in [3.05, 3.63) is 80.8 Å². The van der Waals surface area contributed by atoms with Gasteiger partial charge in [0, 0.05) is 43.1 Å². The summed E-state index contributed by atoms with van der Waals surface area (Å²) in [4.78, 5) is 39.5. The first-order valence-corrected chi connectivity index (χ1v) is 15.0. The number of aldehydes is 1. The molecule has 1 amide bonds. The van der Waals surface area contributed by atoms with Gasteiger partial charge in [-0.3, -0.25) is 9.59 Å². The number of allylic oxidation sites excluding steroid dienone is 1. The van der Waals surface area contributed by atoms with E-state index in [1.165, 1.54) is 6.08 Å². The maximum atomic E-state index is 11.6. The fraction of sp³-hybridized carbons (Fsp3) is 0.133. The van der Waals surface area contributed by atoms with Crippen LogP contribution < -0.4 is 27.8 Å². The molecule has 0 aliphatic carbocycles. The predicted molar refractivity (Wildman–Crippen MR) is 184 cm³/mol. The molecule has 0 atom stereocenters. The number of amides is 1. The molecule has 2 aromatic carbocycles. The van der Waals surface area contributed by atoms with E-state index >= 15 is 0 Å². The van der Waals surface area contributed by atoms with Crippen LogP contribution in [0.3, 0.4) is 0 Å². The number of halogens is 1. The van der Waals surface area contributed by atoms with Crippen molar-refractivity contribution in [3.8, 4) is 22.5 Å². The first-order valence-electron chi connectivity index (χ1n) is 13.4. The molecular weight excluding hydrogens is 634 g/mol. The summed E-state index contributed by atoms with van der Waals surface area (Å²) in [6.07, 6.45) is 1.90. The van der Waals surface area contributed by atoms with Crippen LogP contribution in [0.25, 0.3) is 38.4 Å². The molecule has 232 valence electrons. The van der Waals surface area contributed by atoms with Crippen LogP contribution in [0.1, 0.15) is 15.2 Å². The van der Waals surface area contributed by atoms with Gasteiger partial charge in [-0.1, -0.05) is 66.3 Å². The molecule has 0 saturated carbocycles. The van der Waals surface area contributed by atoms with Gasteiger partial charge in [0.15, 0.2) is 0 Å². The van der Waals surface area contributed by atoms with Crippen LogP contribution in [-0.4, -0.2) is 59.4 Å². The highest BCUT2D eigenvalue weighted by molar-refractivity contribution is 7.71. The van der Waals surface area contributed by atoms with E-state index in [-0.39, 0.29) is 10.6 Å². The number of primary amides is 1. The first-order chi connectivity index (χ1) is 21.7. The standard InChI is InChI=1S/C16H16ClN5O2S.C14H14N4OS/c1-24-7-6-20-16-21-12(8-2-4-9(17)5-3-8)10-11(18)13(14(19)23)25-15(10)22-16;1-16-14-17-12(9-5-3-2-4-6-9)11(13(20)18-14)10(15)7-8-19/h2-5H,6-7,18H2,1H3,(H2,19,23)(H,20,21,22);2-8H,15H2,1H3,(H2,16,17,18,20)/b;10-7-. The number of benzene rings is 2. The number of carbonyl (C=O) groups is 2. The van der Waals surface area contributed by atoms with Crippen molar-refractivity contribution in [2.45, 2.75) is 0 Å². The van der Waals surface area contributed by atoms with Crippen molar-refractivity contribution in [2.75, 3.05) is 43.7 Å². The summed E-state index contributed by atoms with van der Waals surface area (Å²) >= 11 is 12.4. The lowest BCUT2D eigenvalue weighted by Crippen LogP contribution is -2.11. The summed E-state index contributed by atoms with van der Waals surface area (Å²) < 4.78 is 5.36. The fourth-order valence-electron chi connectivity index (χ4n) is 4.20. The summed E-state index contributed by atoms with van der Waals surface area (Å²) in [6, 6.07) is 16.8. The summed E-state index contributed by atoms with van der Waals surface area (Å²) in [5.41, 5.74) is 21.7. The Kier molecular flexibility index (Phi) is 11.2. The molecule has 12 nitrogen and oxygen atoms in total. The second-order valence-corrected chi connectivity index (χ2v) is 11.0. The number of ether oxygens (including phenoxy) is 1. The minimum absolute atomic E-state index is 0.272. The zero-order valence-electron chi connectivity index (χ0n) is 24.3. The molecular formula is C30H30ClN9O3S2. The maximum absolute atomic E-state index is 11.6. The lowest BCUT2D eigenvalue weighted by Gasteiger charge is -2.12. The van der Waals surface area contributed by atoms with Crippen LogP contribution in [-0.2, 0) is 9.53 Å². The van der Waals surface area contributed by atoms with Gasteiger partial charge in [-0.05, 0) is 17.7 Å². The van der Waals surface area contributed by atoms with Crippen molar-refractivity contribution in [3.63, 3.8) is 0 Å². The number of aromatic nitrogens is 4. The molecule has 0 spiro atoms. The van der Waals surface area contributed by atoms with Gasteiger partial charge < -0.3 is 37.6 Å². The Bertz CT molecular complexity index is 1910. The molecule has 0 bridgehead atoms. The van der Waals surface area contributed by atoms with Gasteiger partial charge in [0.25, 0.3) is 5.91 Å². The summed E-state index contributed by atoms with van der Waals surface area (Å²) in [6.45, 7) is 1.06. The highest BCUT2D eigenvalue weighted by atomic mass is 35.5. The van der Waals surface area contributed by atoms with E-state index in [2.05, 4.69) is 30.6 Å². The quantitative estimate of drug-likeness (QED) is 0.0503. The van der Waals surface area contributed by atoms with E-state index in [4.69, 9.17) is 45.8 Å². The van der Waals surface area contributed by atoms with Crippen molar-refractivity contribution in [2.24, 2.45) is 11.5 Å². The molecule has 45 heavy (non-hydrogen) atoms. The monoisotopic (exact) mass is 663 g/mol. The molecule has 3 aromatic heterocycles. The molecule has 5 rings (SSSR count). The van der Waals surface area contributed by atoms with Crippen molar-refractivity contribution in [1.29, 1.82) is 0 Å². The van der Waals surface area contributed by atoms with Crippen LogP contribution in [0.4, 0.5) is 17.6 Å². The second kappa shape index (κ2) is 15.2. The SMILES string of the molecule is CNc1nc(=S)c(/C(N)=C/C=O)c(-c2ccccc2)[nH]1.COCCNc1nc(-c2ccc(Cl)cc2)c2c(N)c(C(N)=O)sc2n1. The Morgan fingerprint density at radius 1 is 1.09 bits per heavy atom. The third-order valence-electron chi connectivity index (χ3n) is 6.28. The maximum Gasteiger partial charge on any atom is 0.260 e. The minimum atomic E-state index is -0.587. The molecule has 15 heteroatoms. The zero-order valence-corrected chi connectivity index (χ0v) is 26.6. The number of hydrogen-bond acceptors (Lipinski definition) is 12. The normalized spacial score (nSPS) is 11.0. The number of hydrogen-bond donors (Lipinski definition) is 6. The van der Waals surface area contributed by atoms with Gasteiger partial charge in [-0.2, -0.15) is 0 Å². The van der Waals surface area contributed by atoms with E-state index in [0.29, 0.717) is 68.2 Å². The average Bonchev–Trinajstić information content (AvgIpc) is 3.38. The molecule has 3 heterocycles. The van der Waals surface area contributed by atoms with E-state index in [1.807, 2.05) is 42.5 Å². The highest BCUT2D eigenvalue weighted by Gasteiger charge is 2.21. The fourth-order valence-corrected chi connectivity index (χ4v) is 5.59. The van der Waals surface area contributed by atoms with Crippen LogP contribution in [0.2, 0.25) is 5.02 Å². The Morgan fingerprint density at radius 3 is 2.42 bits per heavy atom. The smallest absolute Gasteiger partial charge is 0.260 e. The molecule has 0 unspecified atom stereocenters. The van der Waals surface area contributed by atoms with Crippen molar-refractivity contribution in [1.82, 2.24) is 19.9 Å². The van der Waals surface area contributed by atoms with Crippen molar-refractivity contribution >= 4 is 80.8 Å². The Labute approximate surface area is 272 Å². The minimum Gasteiger partial charge on any atom is -0.398 e. The van der Waals surface area contributed by atoms with E-state index in [9.17, 15) is 9.59 Å². The number of nitrogen functional groups attached to an aromatic ring is 1. The third-order valence-corrected chi connectivity index (χ3v) is 7.94. The number of nitrogens with one attached hydrogen (secondary N) is 3. The molecule has 0 aliphatic rings. The molecule has 0 fully saturated rings. The lowest BCUT2D eigenvalue weighted by molar-refractivity contribution is -0.104. The van der Waals surface area contributed by atoms with Gasteiger partial charge in [0.05, 0.1) is 34.6 Å². The number of rotatable bonds is 10. The summed E-state index contributed by atoms with van der Waals surface area (Å²) in [5, 5.41) is 7.23. The number of nitrogens with two attached hydrogens (primary N) is 3. The van der Waals surface area contributed by atoms with Crippen LogP contribution in [0, 0.1) is 4.64 Å². The Balaban J connectivity index is 0.000000210. The van der Waals surface area contributed by atoms with E-state index in [1.54, 1.807) is 26.3 Å². The number of nitrogens with zero attached hydrogens (tertiary/aromatic N) is 3. The summed E-state index contributed by atoms with van der Waals surface area (Å²) in [5.74, 6) is 0.375. The predicted octanol–water partition coefficient (Wildman–Crippen LogP) is 5.10. The lowest BCUT2D eigenvalue weighted by atomic mass is 10.1. The first kappa shape index (κ1) is 33.0. The molecule has 0 radical (unpaired) electrons. The molecule has 5 aromatic rings. The molecule has 0 aliphatic heterocycles. The zero-order chi connectivity index (χ0) is 32.5. The van der Waals surface area contributed by atoms with Crippen LogP contribution in [0.15, 0.2) is 60.7 Å². The number of methoxy groups -OCH3 is 1. The number of anilines is 3. The van der Waals surface area contributed by atoms with Crippen LogP contribution >= 0.6 is 35.2 Å². The average molecular weight is 664 g/mol. The third kappa shape index (κ3) is 7.80. The second-order valence-electron chi connectivity index (χ2n) is 9.23. The van der Waals surface area contributed by atoms with Crippen molar-refractivity contribution < 1.29 is 14.3 Å². The number of fused-ring (bicyclic) bond motifs is 1. The number of carbonyl (C=O) groups excluding carboxylic acids is 2. The Morgan fingerprint density at radius 2 is 1.80 bits per heavy atom. The van der Waals surface area contributed by atoms with E-state index in [0.717, 1.165) is 28.2 Å². The van der Waals surface area contributed by atoms with Gasteiger partial charge in [-0.25, -0.2) is 15.0 Å². The number of H-pyrrole nitrogens is 1. The number of thiophene rings is 1. The Hall–Kier alpha value is -4.89. The molecule has 0 saturated heterocycles. The topological polar surface area (TPSA) is 200 Å². The van der Waals surface area contributed by atoms with Gasteiger partial charge >= 0.3 is 0 Å².